The minimum absolute atomic E-state index is 0.250. The van der Waals surface area contributed by atoms with Gasteiger partial charge in [0, 0.05) is 0 Å². The van der Waals surface area contributed by atoms with Crippen LogP contribution in [0.25, 0.3) is 0 Å². The summed E-state index contributed by atoms with van der Waals surface area (Å²) >= 11 is 0. The van der Waals surface area contributed by atoms with E-state index in [2.05, 4.69) is 17.9 Å². The molecule has 0 aliphatic heterocycles. The van der Waals surface area contributed by atoms with Crippen molar-refractivity contribution in [2.75, 3.05) is 14.1 Å². The SMILES string of the molecule is CN(C)C(C)(C#N)C1CCCCC1. The van der Waals surface area contributed by atoms with Crippen molar-refractivity contribution in [3.05, 3.63) is 0 Å². The summed E-state index contributed by atoms with van der Waals surface area (Å²) in [5.74, 6) is 0.571. The zero-order chi connectivity index (χ0) is 9.90. The first-order valence-electron chi connectivity index (χ1n) is 5.20. The molecule has 0 aromatic rings. The highest BCUT2D eigenvalue weighted by Gasteiger charge is 2.36. The van der Waals surface area contributed by atoms with E-state index < -0.39 is 0 Å². The monoisotopic (exact) mass is 180 g/mol. The summed E-state index contributed by atoms with van der Waals surface area (Å²) in [7, 11) is 4.02. The third-order valence-electron chi connectivity index (χ3n) is 3.56. The van der Waals surface area contributed by atoms with Crippen molar-refractivity contribution < 1.29 is 0 Å². The Kier molecular flexibility index (Phi) is 3.33. The lowest BCUT2D eigenvalue weighted by Crippen LogP contribution is -2.47. The van der Waals surface area contributed by atoms with E-state index in [1.807, 2.05) is 14.1 Å². The van der Waals surface area contributed by atoms with Crippen LogP contribution in [-0.4, -0.2) is 24.5 Å². The number of hydrogen-bond donors (Lipinski definition) is 0. The predicted molar refractivity (Wildman–Crippen MR) is 54.3 cm³/mol. The van der Waals surface area contributed by atoms with E-state index in [1.54, 1.807) is 0 Å². The smallest absolute Gasteiger partial charge is 0.108 e. The van der Waals surface area contributed by atoms with Crippen LogP contribution in [0.2, 0.25) is 0 Å². The molecule has 0 aromatic heterocycles. The first-order valence-corrected chi connectivity index (χ1v) is 5.20. The third-order valence-corrected chi connectivity index (χ3v) is 3.56. The van der Waals surface area contributed by atoms with Crippen LogP contribution in [0.15, 0.2) is 0 Å². The van der Waals surface area contributed by atoms with Crippen molar-refractivity contribution in [1.29, 1.82) is 5.26 Å². The van der Waals surface area contributed by atoms with Crippen LogP contribution in [0.4, 0.5) is 0 Å². The Hall–Kier alpha value is -0.550. The van der Waals surface area contributed by atoms with Crippen LogP contribution in [0.5, 0.6) is 0 Å². The molecule has 1 aliphatic carbocycles. The zero-order valence-electron chi connectivity index (χ0n) is 9.01. The Morgan fingerprint density at radius 2 is 1.77 bits per heavy atom. The molecule has 0 aromatic carbocycles. The second-order valence-electron chi connectivity index (χ2n) is 4.49. The Labute approximate surface area is 81.5 Å². The van der Waals surface area contributed by atoms with Gasteiger partial charge in [-0.2, -0.15) is 5.26 Å². The van der Waals surface area contributed by atoms with Crippen LogP contribution < -0.4 is 0 Å². The maximum Gasteiger partial charge on any atom is 0.108 e. The van der Waals surface area contributed by atoms with Gasteiger partial charge in [0.15, 0.2) is 0 Å². The zero-order valence-corrected chi connectivity index (χ0v) is 9.01. The molecule has 1 fully saturated rings. The Morgan fingerprint density at radius 1 is 1.23 bits per heavy atom. The third kappa shape index (κ3) is 2.03. The van der Waals surface area contributed by atoms with E-state index in [0.717, 1.165) is 0 Å². The van der Waals surface area contributed by atoms with Crippen molar-refractivity contribution in [2.45, 2.75) is 44.6 Å². The average molecular weight is 180 g/mol. The molecule has 2 nitrogen and oxygen atoms in total. The highest BCUT2D eigenvalue weighted by Crippen LogP contribution is 2.34. The van der Waals surface area contributed by atoms with Gasteiger partial charge in [0.2, 0.25) is 0 Å². The topological polar surface area (TPSA) is 27.0 Å². The molecule has 0 amide bonds. The molecule has 0 saturated heterocycles. The Morgan fingerprint density at radius 3 is 2.15 bits per heavy atom. The minimum atomic E-state index is -0.250. The van der Waals surface area contributed by atoms with Crippen molar-refractivity contribution in [3.63, 3.8) is 0 Å². The van der Waals surface area contributed by atoms with Gasteiger partial charge in [-0.25, -0.2) is 0 Å². The fourth-order valence-corrected chi connectivity index (χ4v) is 2.22. The minimum Gasteiger partial charge on any atom is -0.292 e. The summed E-state index contributed by atoms with van der Waals surface area (Å²) in [6.45, 7) is 2.07. The van der Waals surface area contributed by atoms with Gasteiger partial charge in [-0.15, -0.1) is 0 Å². The molecular weight excluding hydrogens is 160 g/mol. The molecule has 2 heteroatoms. The van der Waals surface area contributed by atoms with Crippen LogP contribution in [0.1, 0.15) is 39.0 Å². The summed E-state index contributed by atoms with van der Waals surface area (Å²) in [5.41, 5.74) is -0.250. The number of hydrogen-bond acceptors (Lipinski definition) is 2. The highest BCUT2D eigenvalue weighted by molar-refractivity contribution is 5.08. The summed E-state index contributed by atoms with van der Waals surface area (Å²) < 4.78 is 0. The number of rotatable bonds is 2. The standard InChI is InChI=1S/C11H20N2/c1-11(9-12,13(2)3)10-7-5-4-6-8-10/h10H,4-8H2,1-3H3. The second kappa shape index (κ2) is 4.11. The van der Waals surface area contributed by atoms with E-state index in [1.165, 1.54) is 32.1 Å². The maximum absolute atomic E-state index is 9.22. The first kappa shape index (κ1) is 10.5. The van der Waals surface area contributed by atoms with Gasteiger partial charge < -0.3 is 0 Å². The Balaban J connectivity index is 2.70. The molecule has 1 saturated carbocycles. The molecule has 74 valence electrons. The van der Waals surface area contributed by atoms with Crippen LogP contribution in [0, 0.1) is 17.2 Å². The van der Waals surface area contributed by atoms with Crippen molar-refractivity contribution in [3.8, 4) is 6.07 Å². The number of nitriles is 1. The predicted octanol–water partition coefficient (Wildman–Crippen LogP) is 2.41. The van der Waals surface area contributed by atoms with Gasteiger partial charge in [0.25, 0.3) is 0 Å². The lowest BCUT2D eigenvalue weighted by atomic mass is 9.76. The molecule has 0 bridgehead atoms. The fourth-order valence-electron chi connectivity index (χ4n) is 2.22. The quantitative estimate of drug-likeness (QED) is 0.652. The fraction of sp³-hybridized carbons (Fsp3) is 0.909. The van der Waals surface area contributed by atoms with Crippen molar-refractivity contribution in [2.24, 2.45) is 5.92 Å². The molecule has 1 rings (SSSR count). The van der Waals surface area contributed by atoms with Gasteiger partial charge in [-0.05, 0) is 39.8 Å². The van der Waals surface area contributed by atoms with E-state index >= 15 is 0 Å². The van der Waals surface area contributed by atoms with Crippen LogP contribution in [0.3, 0.4) is 0 Å². The highest BCUT2D eigenvalue weighted by atomic mass is 15.1. The van der Waals surface area contributed by atoms with Crippen molar-refractivity contribution >= 4 is 0 Å². The summed E-state index contributed by atoms with van der Waals surface area (Å²) in [6.07, 6.45) is 6.40. The van der Waals surface area contributed by atoms with Gasteiger partial charge in [0.05, 0.1) is 6.07 Å². The molecule has 13 heavy (non-hydrogen) atoms. The van der Waals surface area contributed by atoms with Crippen LogP contribution in [-0.2, 0) is 0 Å². The first-order chi connectivity index (χ1) is 6.11. The molecule has 1 aliphatic rings. The summed E-state index contributed by atoms with van der Waals surface area (Å²) in [5, 5.41) is 9.22. The van der Waals surface area contributed by atoms with E-state index in [-0.39, 0.29) is 5.54 Å². The van der Waals surface area contributed by atoms with Gasteiger partial charge in [-0.1, -0.05) is 19.3 Å². The summed E-state index contributed by atoms with van der Waals surface area (Å²) in [6, 6.07) is 2.47. The number of nitrogens with zero attached hydrogens (tertiary/aromatic N) is 2. The van der Waals surface area contributed by atoms with E-state index in [4.69, 9.17) is 0 Å². The molecular formula is C11H20N2. The van der Waals surface area contributed by atoms with Gasteiger partial charge >= 0.3 is 0 Å². The lowest BCUT2D eigenvalue weighted by molar-refractivity contribution is 0.123. The Bertz CT molecular complexity index is 199. The van der Waals surface area contributed by atoms with Gasteiger partial charge in [0.1, 0.15) is 5.54 Å². The lowest BCUT2D eigenvalue weighted by Gasteiger charge is -2.39. The van der Waals surface area contributed by atoms with E-state index in [9.17, 15) is 5.26 Å². The maximum atomic E-state index is 9.22. The molecule has 1 atom stereocenters. The summed E-state index contributed by atoms with van der Waals surface area (Å²) in [4.78, 5) is 2.07. The molecule has 0 radical (unpaired) electrons. The van der Waals surface area contributed by atoms with Crippen molar-refractivity contribution in [1.82, 2.24) is 4.90 Å². The molecule has 0 heterocycles. The second-order valence-corrected chi connectivity index (χ2v) is 4.49. The molecule has 1 unspecified atom stereocenters. The van der Waals surface area contributed by atoms with E-state index in [0.29, 0.717) is 5.92 Å². The molecule has 0 spiro atoms. The van der Waals surface area contributed by atoms with Crippen LogP contribution >= 0.6 is 0 Å². The molecule has 0 N–H and O–H groups in total. The van der Waals surface area contributed by atoms with Gasteiger partial charge in [-0.3, -0.25) is 4.90 Å². The normalized spacial score (nSPS) is 23.9. The largest absolute Gasteiger partial charge is 0.292 e. The average Bonchev–Trinajstić information content (AvgIpc) is 2.17.